The van der Waals surface area contributed by atoms with Crippen LogP contribution in [-0.2, 0) is 0 Å². The summed E-state index contributed by atoms with van der Waals surface area (Å²) in [6.07, 6.45) is 1.34. The first kappa shape index (κ1) is 14.5. The molecule has 0 aliphatic rings. The number of rotatable bonds is 2. The third-order valence-electron chi connectivity index (χ3n) is 3.15. The highest BCUT2D eigenvalue weighted by Crippen LogP contribution is 2.16. The van der Waals surface area contributed by atoms with E-state index in [1.54, 1.807) is 42.5 Å². The molecule has 7 heteroatoms. The maximum atomic E-state index is 12.0. The fourth-order valence-corrected chi connectivity index (χ4v) is 2.07. The molecule has 0 spiro atoms. The Kier molecular flexibility index (Phi) is 3.84. The highest BCUT2D eigenvalue weighted by Gasteiger charge is 2.06. The van der Waals surface area contributed by atoms with Crippen LogP contribution in [0, 0.1) is 0 Å². The van der Waals surface area contributed by atoms with Gasteiger partial charge < -0.3 is 10.7 Å². The zero-order chi connectivity index (χ0) is 16.2. The molecule has 0 aliphatic carbocycles. The van der Waals surface area contributed by atoms with E-state index in [2.05, 4.69) is 20.3 Å². The molecule has 4 N–H and O–H groups in total. The first-order valence-corrected chi connectivity index (χ1v) is 6.81. The zero-order valence-electron chi connectivity index (χ0n) is 12.0. The van der Waals surface area contributed by atoms with Crippen molar-refractivity contribution in [3.63, 3.8) is 0 Å². The fraction of sp³-hybridized carbons (Fsp3) is 0. The van der Waals surface area contributed by atoms with E-state index in [-0.39, 0.29) is 17.4 Å². The summed E-state index contributed by atoms with van der Waals surface area (Å²) in [5.41, 5.74) is 6.96. The van der Waals surface area contributed by atoms with Crippen molar-refractivity contribution in [1.82, 2.24) is 15.3 Å². The summed E-state index contributed by atoms with van der Waals surface area (Å²) >= 11 is 0. The lowest BCUT2D eigenvalue weighted by atomic mass is 10.2. The molecule has 1 heterocycles. The minimum atomic E-state index is -0.354. The van der Waals surface area contributed by atoms with Gasteiger partial charge in [0.25, 0.3) is 11.5 Å². The molecule has 23 heavy (non-hydrogen) atoms. The number of H-pyrrole nitrogens is 1. The van der Waals surface area contributed by atoms with Gasteiger partial charge in [-0.05, 0) is 30.3 Å². The lowest BCUT2D eigenvalue weighted by Crippen LogP contribution is -2.36. The highest BCUT2D eigenvalue weighted by atomic mass is 16.1. The fourth-order valence-electron chi connectivity index (χ4n) is 2.07. The summed E-state index contributed by atoms with van der Waals surface area (Å²) in [7, 11) is 0. The molecule has 7 nitrogen and oxygen atoms in total. The number of hydrogen-bond acceptors (Lipinski definition) is 4. The Morgan fingerprint density at radius 1 is 1.17 bits per heavy atom. The van der Waals surface area contributed by atoms with Gasteiger partial charge in [-0.3, -0.25) is 14.9 Å². The number of fused-ring (bicyclic) bond motifs is 1. The number of amides is 1. The normalized spacial score (nSPS) is 11.4. The number of hydrogen-bond donors (Lipinski definition) is 3. The van der Waals surface area contributed by atoms with Gasteiger partial charge in [0.05, 0.1) is 22.9 Å². The molecule has 0 unspecified atom stereocenters. The number of nitrogens with two attached hydrogens (primary N) is 1. The van der Waals surface area contributed by atoms with Gasteiger partial charge in [-0.1, -0.05) is 18.2 Å². The second-order valence-corrected chi connectivity index (χ2v) is 4.75. The predicted molar refractivity (Wildman–Crippen MR) is 87.6 cm³/mol. The molecule has 1 amide bonds. The van der Waals surface area contributed by atoms with Gasteiger partial charge in [-0.2, -0.15) is 0 Å². The van der Waals surface area contributed by atoms with Crippen LogP contribution in [0.15, 0.2) is 64.6 Å². The van der Waals surface area contributed by atoms with Crippen LogP contribution in [0.1, 0.15) is 10.4 Å². The number of guanidine groups is 1. The largest absolute Gasteiger partial charge is 0.369 e. The monoisotopic (exact) mass is 307 g/mol. The minimum absolute atomic E-state index is 0.0569. The molecule has 0 bridgehead atoms. The van der Waals surface area contributed by atoms with Crippen molar-refractivity contribution in [1.29, 1.82) is 0 Å². The van der Waals surface area contributed by atoms with E-state index in [9.17, 15) is 9.59 Å². The van der Waals surface area contributed by atoms with Crippen LogP contribution in [0.25, 0.3) is 10.9 Å². The number of nitrogens with one attached hydrogen (secondary N) is 2. The van der Waals surface area contributed by atoms with Crippen LogP contribution in [0.5, 0.6) is 0 Å². The summed E-state index contributed by atoms with van der Waals surface area (Å²) in [6.45, 7) is 0. The zero-order valence-corrected chi connectivity index (χ0v) is 12.0. The van der Waals surface area contributed by atoms with Gasteiger partial charge in [0, 0.05) is 5.56 Å². The third-order valence-corrected chi connectivity index (χ3v) is 3.15. The summed E-state index contributed by atoms with van der Waals surface area (Å²) in [5, 5.41) is 2.89. The van der Waals surface area contributed by atoms with Crippen LogP contribution < -0.4 is 16.6 Å². The van der Waals surface area contributed by atoms with E-state index in [0.29, 0.717) is 22.2 Å². The first-order chi connectivity index (χ1) is 11.1. The molecule has 0 fully saturated rings. The maximum absolute atomic E-state index is 12.0. The quantitative estimate of drug-likeness (QED) is 0.489. The lowest BCUT2D eigenvalue weighted by Gasteiger charge is -2.04. The SMILES string of the molecule is NC(=Nc1ccc2nc[nH]c(=O)c2c1)NC(=O)c1ccccc1. The van der Waals surface area contributed by atoms with Crippen LogP contribution >= 0.6 is 0 Å². The average molecular weight is 307 g/mol. The van der Waals surface area contributed by atoms with Crippen LogP contribution in [-0.4, -0.2) is 21.8 Å². The lowest BCUT2D eigenvalue weighted by molar-refractivity contribution is 0.0976. The van der Waals surface area contributed by atoms with Gasteiger partial charge in [0.1, 0.15) is 0 Å². The molecule has 0 saturated carbocycles. The second-order valence-electron chi connectivity index (χ2n) is 4.75. The van der Waals surface area contributed by atoms with Gasteiger partial charge >= 0.3 is 0 Å². The molecular weight excluding hydrogens is 294 g/mol. The van der Waals surface area contributed by atoms with Gasteiger partial charge in [-0.15, -0.1) is 0 Å². The van der Waals surface area contributed by atoms with E-state index in [0.717, 1.165) is 0 Å². The van der Waals surface area contributed by atoms with E-state index < -0.39 is 0 Å². The van der Waals surface area contributed by atoms with Crippen molar-refractivity contribution in [3.8, 4) is 0 Å². The maximum Gasteiger partial charge on any atom is 0.258 e. The van der Waals surface area contributed by atoms with E-state index in [1.165, 1.54) is 6.33 Å². The average Bonchev–Trinajstić information content (AvgIpc) is 2.56. The Morgan fingerprint density at radius 3 is 2.74 bits per heavy atom. The molecular formula is C16H13N5O2. The Morgan fingerprint density at radius 2 is 1.96 bits per heavy atom. The molecule has 0 atom stereocenters. The standard InChI is InChI=1S/C16H13N5O2/c17-16(21-14(22)10-4-2-1-3-5-10)20-11-6-7-13-12(8-11)15(23)19-9-18-13/h1-9H,(H,18,19,23)(H3,17,20,21,22). The molecule has 0 radical (unpaired) electrons. The van der Waals surface area contributed by atoms with Crippen molar-refractivity contribution in [2.45, 2.75) is 0 Å². The summed E-state index contributed by atoms with van der Waals surface area (Å²) in [5.74, 6) is -0.411. The Bertz CT molecular complexity index is 947. The molecule has 0 aliphatic heterocycles. The van der Waals surface area contributed by atoms with Crippen molar-refractivity contribution in [3.05, 3.63) is 70.8 Å². The van der Waals surface area contributed by atoms with E-state index in [1.807, 2.05) is 6.07 Å². The summed E-state index contributed by atoms with van der Waals surface area (Å²) in [6, 6.07) is 13.5. The van der Waals surface area contributed by atoms with Crippen molar-refractivity contribution >= 4 is 28.5 Å². The third kappa shape index (κ3) is 3.24. The van der Waals surface area contributed by atoms with Crippen LogP contribution in [0.3, 0.4) is 0 Å². The van der Waals surface area contributed by atoms with Crippen molar-refractivity contribution < 1.29 is 4.79 Å². The molecule has 1 aromatic heterocycles. The smallest absolute Gasteiger partial charge is 0.258 e. The highest BCUT2D eigenvalue weighted by molar-refractivity contribution is 6.05. The minimum Gasteiger partial charge on any atom is -0.369 e. The van der Waals surface area contributed by atoms with Gasteiger partial charge in [0.15, 0.2) is 0 Å². The molecule has 3 aromatic rings. The Hall–Kier alpha value is -3.48. The van der Waals surface area contributed by atoms with Crippen LogP contribution in [0.4, 0.5) is 5.69 Å². The number of carbonyl (C=O) groups excluding carboxylic acids is 1. The van der Waals surface area contributed by atoms with E-state index in [4.69, 9.17) is 5.73 Å². The Labute approximate surface area is 130 Å². The number of aliphatic imine (C=N–C) groups is 1. The summed E-state index contributed by atoms with van der Waals surface area (Å²) < 4.78 is 0. The van der Waals surface area contributed by atoms with Crippen molar-refractivity contribution in [2.24, 2.45) is 10.7 Å². The molecule has 114 valence electrons. The number of aromatic nitrogens is 2. The number of aromatic amines is 1. The van der Waals surface area contributed by atoms with Crippen molar-refractivity contribution in [2.75, 3.05) is 0 Å². The van der Waals surface area contributed by atoms with Gasteiger partial charge in [0.2, 0.25) is 5.96 Å². The second kappa shape index (κ2) is 6.10. The number of nitrogens with zero attached hydrogens (tertiary/aromatic N) is 2. The van der Waals surface area contributed by atoms with E-state index >= 15 is 0 Å². The predicted octanol–water partition coefficient (Wildman–Crippen LogP) is 1.30. The first-order valence-electron chi connectivity index (χ1n) is 6.81. The molecule has 2 aromatic carbocycles. The molecule has 3 rings (SSSR count). The van der Waals surface area contributed by atoms with Gasteiger partial charge in [-0.25, -0.2) is 9.98 Å². The molecule has 0 saturated heterocycles. The topological polar surface area (TPSA) is 113 Å². The Balaban J connectivity index is 1.85. The number of benzene rings is 2. The number of carbonyl (C=O) groups is 1. The van der Waals surface area contributed by atoms with Crippen LogP contribution in [0.2, 0.25) is 0 Å². The summed E-state index contributed by atoms with van der Waals surface area (Å²) in [4.78, 5) is 34.3.